The van der Waals surface area contributed by atoms with E-state index >= 15 is 0 Å². The number of rotatable bonds is 0. The smallest absolute Gasteiger partial charge is 0.279 e. The number of aliphatic hydroxyl groups excluding tert-OH is 4. The molecule has 0 spiro atoms. The molecular weight excluding hydrogens is 848 g/mol. The Bertz CT molecular complexity index is 2020. The van der Waals surface area contributed by atoms with Gasteiger partial charge in [0.1, 0.15) is 0 Å². The largest absolute Gasteiger partial charge is 0.473 e. The third-order valence-electron chi connectivity index (χ3n) is 12.5. The quantitative estimate of drug-likeness (QED) is 0.125. The number of amides is 4. The maximum Gasteiger partial charge on any atom is 0.279 e. The lowest BCUT2D eigenvalue weighted by Gasteiger charge is -2.50. The standard InChI is InChI=1S/2C18H18N2O8.C6H6.2H2O/c2*21-11-1-3-27-7-9-5-17(25)16(24)20-14-10(8-28-4-2-12(14)22)6-18(20,26)15(23)19(17)13(9)11;1-2-4-6-5-3-1;;/h2*1-4,7-8,11-14,21-22,25-26H,5-6H2;1-6H;2*1H2/t2*11-,12-,13-,14-,17+,18+;;;/m00.../s1. The first-order valence-corrected chi connectivity index (χ1v) is 19.6. The Hall–Kier alpha value is -6.18. The van der Waals surface area contributed by atoms with Crippen LogP contribution in [0.15, 0.2) is 133 Å². The van der Waals surface area contributed by atoms with Crippen LogP contribution in [0.25, 0.3) is 0 Å². The summed E-state index contributed by atoms with van der Waals surface area (Å²) in [6.07, 6.45) is 9.09. The highest BCUT2D eigenvalue weighted by Gasteiger charge is 2.74. The van der Waals surface area contributed by atoms with Crippen LogP contribution >= 0.6 is 0 Å². The zero-order valence-electron chi connectivity index (χ0n) is 33.5. The molecule has 10 aliphatic rings. The average molecular weight is 895 g/mol. The lowest BCUT2D eigenvalue weighted by atomic mass is 9.98. The number of carbonyl (C=O) groups excluding carboxylic acids is 4. The molecule has 64 heavy (non-hydrogen) atoms. The first-order valence-electron chi connectivity index (χ1n) is 19.6. The topological polar surface area (TPSA) is 343 Å². The lowest BCUT2D eigenvalue weighted by Crippen LogP contribution is -2.76. The Morgan fingerprint density at radius 2 is 0.578 bits per heavy atom. The summed E-state index contributed by atoms with van der Waals surface area (Å²) in [5.41, 5.74) is -7.91. The summed E-state index contributed by atoms with van der Waals surface area (Å²) in [5.74, 6) is -3.77. The second-order valence-corrected chi connectivity index (χ2v) is 16.2. The van der Waals surface area contributed by atoms with Gasteiger partial charge >= 0.3 is 0 Å². The van der Waals surface area contributed by atoms with Gasteiger partial charge in [0, 0.05) is 25.7 Å². The van der Waals surface area contributed by atoms with Crippen molar-refractivity contribution in [2.24, 2.45) is 0 Å². The van der Waals surface area contributed by atoms with Gasteiger partial charge in [0.05, 0.1) is 98.7 Å². The fraction of sp³-hybridized carbons (Fsp3) is 0.381. The predicted molar refractivity (Wildman–Crippen MR) is 212 cm³/mol. The van der Waals surface area contributed by atoms with Crippen LogP contribution in [0.3, 0.4) is 0 Å². The monoisotopic (exact) mass is 894 g/mol. The number of nitrogens with zero attached hydrogens (tertiary/aromatic N) is 4. The molecule has 0 saturated carbocycles. The molecule has 4 amide bonds. The van der Waals surface area contributed by atoms with Gasteiger partial charge in [0.2, 0.25) is 22.9 Å². The van der Waals surface area contributed by atoms with E-state index < -0.39 is 95.1 Å². The predicted octanol–water partition coefficient (Wildman–Crippen LogP) is -3.65. The summed E-state index contributed by atoms with van der Waals surface area (Å²) < 4.78 is 20.5. The van der Waals surface area contributed by atoms with Crippen LogP contribution < -0.4 is 0 Å². The number of carbonyl (C=O) groups is 4. The number of hydrogen-bond acceptors (Lipinski definition) is 16. The fourth-order valence-corrected chi connectivity index (χ4v) is 9.89. The Kier molecular flexibility index (Phi) is 11.8. The van der Waals surface area contributed by atoms with Crippen LogP contribution in [0.2, 0.25) is 0 Å². The first kappa shape index (κ1) is 45.8. The van der Waals surface area contributed by atoms with Crippen molar-refractivity contribution in [3.8, 4) is 0 Å². The third kappa shape index (κ3) is 6.57. The highest BCUT2D eigenvalue weighted by Crippen LogP contribution is 2.53. The number of piperazine rings is 2. The maximum absolute atomic E-state index is 13.4. The van der Waals surface area contributed by atoms with Gasteiger partial charge in [-0.1, -0.05) is 36.4 Å². The van der Waals surface area contributed by atoms with E-state index in [2.05, 4.69) is 0 Å². The number of fused-ring (bicyclic) bond motifs is 12. The highest BCUT2D eigenvalue weighted by atomic mass is 16.5. The van der Waals surface area contributed by atoms with Gasteiger partial charge in [-0.2, -0.15) is 0 Å². The molecule has 12 atom stereocenters. The molecule has 10 heterocycles. The first-order chi connectivity index (χ1) is 29.6. The summed E-state index contributed by atoms with van der Waals surface area (Å²) in [6, 6.07) is 7.75. The van der Waals surface area contributed by atoms with Crippen LogP contribution in [0.1, 0.15) is 25.7 Å². The molecule has 10 aliphatic heterocycles. The molecule has 0 aliphatic carbocycles. The van der Waals surface area contributed by atoms with E-state index in [1.54, 1.807) is 0 Å². The van der Waals surface area contributed by atoms with E-state index in [0.717, 1.165) is 19.6 Å². The second kappa shape index (κ2) is 16.4. The van der Waals surface area contributed by atoms with Crippen molar-refractivity contribution in [2.45, 2.75) is 97.2 Å². The Labute approximate surface area is 362 Å². The van der Waals surface area contributed by atoms with Gasteiger partial charge in [-0.3, -0.25) is 38.8 Å². The second-order valence-electron chi connectivity index (χ2n) is 16.2. The van der Waals surface area contributed by atoms with Crippen molar-refractivity contribution in [1.29, 1.82) is 0 Å². The van der Waals surface area contributed by atoms with E-state index in [1.807, 2.05) is 36.4 Å². The van der Waals surface area contributed by atoms with Gasteiger partial charge < -0.3 is 70.8 Å². The number of ether oxygens (including phenoxy) is 4. The number of hydrogen-bond donors (Lipinski definition) is 8. The van der Waals surface area contributed by atoms with Crippen LogP contribution in [-0.2, 0) is 38.1 Å². The van der Waals surface area contributed by atoms with Gasteiger partial charge in [0.15, 0.2) is 0 Å². The maximum atomic E-state index is 13.4. The zero-order valence-corrected chi connectivity index (χ0v) is 33.5. The minimum atomic E-state index is -2.32. The summed E-state index contributed by atoms with van der Waals surface area (Å²) in [6.45, 7) is 0. The lowest BCUT2D eigenvalue weighted by molar-refractivity contribution is -0.231. The Morgan fingerprint density at radius 1 is 0.391 bits per heavy atom. The molecule has 12 N–H and O–H groups in total. The average Bonchev–Trinajstić information content (AvgIpc) is 3.77. The van der Waals surface area contributed by atoms with Crippen molar-refractivity contribution in [3.63, 3.8) is 0 Å². The fourth-order valence-electron chi connectivity index (χ4n) is 9.89. The molecule has 342 valence electrons. The summed E-state index contributed by atoms with van der Waals surface area (Å²) in [5, 5.41) is 86.6. The van der Waals surface area contributed by atoms with Gasteiger partial charge in [0.25, 0.3) is 23.6 Å². The normalized spacial score (nSPS) is 39.0. The molecule has 6 saturated heterocycles. The van der Waals surface area contributed by atoms with Gasteiger partial charge in [-0.15, -0.1) is 0 Å². The van der Waals surface area contributed by atoms with Crippen LogP contribution in [0.5, 0.6) is 0 Å². The SMILES string of the molecule is O.O.O=C1N2[C@H]3C(=COC=C[C@@H]3O)C[C@@]2(O)C(=O)N2[C@H]3C(=COC=C[C@@H]3O)C[C@@]12O.O=C1N2[C@H]3C(=COC=C[C@@H]3O)C[C@@]2(O)C(=O)N2[C@H]3C(=COC=C[C@@H]3O)C[C@@]12O.c1ccccc1. The van der Waals surface area contributed by atoms with E-state index in [4.69, 9.17) is 18.9 Å². The molecule has 0 aromatic heterocycles. The van der Waals surface area contributed by atoms with Crippen molar-refractivity contribution in [1.82, 2.24) is 19.6 Å². The van der Waals surface area contributed by atoms with Crippen molar-refractivity contribution in [3.05, 3.63) is 133 Å². The van der Waals surface area contributed by atoms with Crippen molar-refractivity contribution < 1.29 is 89.9 Å². The molecular formula is C42H46N4O18. The molecule has 1 aromatic carbocycles. The molecule has 0 radical (unpaired) electrons. The Morgan fingerprint density at radius 3 is 0.766 bits per heavy atom. The van der Waals surface area contributed by atoms with Crippen molar-refractivity contribution >= 4 is 23.6 Å². The number of benzene rings is 1. The summed E-state index contributed by atoms with van der Waals surface area (Å²) in [4.78, 5) is 56.8. The van der Waals surface area contributed by atoms with Crippen LogP contribution in [0.4, 0.5) is 0 Å². The van der Waals surface area contributed by atoms with E-state index in [0.29, 0.717) is 22.3 Å². The molecule has 0 unspecified atom stereocenters. The van der Waals surface area contributed by atoms with Gasteiger partial charge in [-0.25, -0.2) is 0 Å². The molecule has 0 bridgehead atoms. The summed E-state index contributed by atoms with van der Waals surface area (Å²) >= 11 is 0. The van der Waals surface area contributed by atoms with Gasteiger partial charge in [-0.05, 0) is 46.6 Å². The minimum absolute atomic E-state index is 0. The molecule has 22 nitrogen and oxygen atoms in total. The highest BCUT2D eigenvalue weighted by molar-refractivity contribution is 6.04. The van der Waals surface area contributed by atoms with E-state index in [-0.39, 0.29) is 36.6 Å². The molecule has 6 fully saturated rings. The summed E-state index contributed by atoms with van der Waals surface area (Å²) in [7, 11) is 0. The molecule has 22 heteroatoms. The van der Waals surface area contributed by atoms with Crippen LogP contribution in [-0.4, -0.2) is 167 Å². The van der Waals surface area contributed by atoms with Crippen molar-refractivity contribution in [2.75, 3.05) is 0 Å². The molecule has 1 aromatic rings. The van der Waals surface area contributed by atoms with E-state index in [1.165, 1.54) is 74.4 Å². The Balaban J connectivity index is 0.000000165. The number of aliphatic hydroxyl groups is 8. The van der Waals surface area contributed by atoms with Crippen LogP contribution in [0, 0.1) is 0 Å². The minimum Gasteiger partial charge on any atom is -0.473 e. The zero-order chi connectivity index (χ0) is 43.9. The third-order valence-corrected chi connectivity index (χ3v) is 12.5. The van der Waals surface area contributed by atoms with E-state index in [9.17, 15) is 60.0 Å². The molecule has 11 rings (SSSR count).